The number of rotatable bonds is 1. The van der Waals surface area contributed by atoms with Gasteiger partial charge in [0.05, 0.1) is 0 Å². The third kappa shape index (κ3) is 1.93. The van der Waals surface area contributed by atoms with Crippen molar-refractivity contribution in [1.29, 1.82) is 0 Å². The molecule has 1 aromatic heterocycles. The Labute approximate surface area is 101 Å². The standard InChI is InChI=1S/C13H17N3O/c17-12(11-1-5-14-6-2-11)16-8-4-13(10-16)3-7-15-9-13/h1-2,5-6,15H,3-4,7-10H2/t13-/m0/s1. The van der Waals surface area contributed by atoms with Gasteiger partial charge < -0.3 is 10.2 Å². The first kappa shape index (κ1) is 10.7. The van der Waals surface area contributed by atoms with Gasteiger partial charge in [0.1, 0.15) is 0 Å². The SMILES string of the molecule is O=C(c1ccncc1)N1CC[C@]2(CCNC2)C1. The molecule has 0 unspecified atom stereocenters. The first-order valence-electron chi connectivity index (χ1n) is 6.19. The molecule has 3 heterocycles. The van der Waals surface area contributed by atoms with Gasteiger partial charge in [0.2, 0.25) is 0 Å². The maximum atomic E-state index is 12.3. The molecule has 1 spiro atoms. The molecule has 1 N–H and O–H groups in total. The van der Waals surface area contributed by atoms with E-state index in [0.29, 0.717) is 5.41 Å². The zero-order valence-electron chi connectivity index (χ0n) is 9.85. The number of pyridine rings is 1. The van der Waals surface area contributed by atoms with E-state index in [1.54, 1.807) is 24.5 Å². The van der Waals surface area contributed by atoms with E-state index in [9.17, 15) is 4.79 Å². The molecular weight excluding hydrogens is 214 g/mol. The topological polar surface area (TPSA) is 45.2 Å². The van der Waals surface area contributed by atoms with E-state index in [1.807, 2.05) is 4.90 Å². The Morgan fingerprint density at radius 2 is 2.18 bits per heavy atom. The Hall–Kier alpha value is -1.42. The van der Waals surface area contributed by atoms with Crippen LogP contribution in [0.25, 0.3) is 0 Å². The van der Waals surface area contributed by atoms with Crippen LogP contribution in [0.2, 0.25) is 0 Å². The lowest BCUT2D eigenvalue weighted by atomic mass is 9.86. The Balaban J connectivity index is 1.73. The molecule has 2 saturated heterocycles. The van der Waals surface area contributed by atoms with Gasteiger partial charge in [-0.1, -0.05) is 0 Å². The molecule has 2 aliphatic heterocycles. The largest absolute Gasteiger partial charge is 0.338 e. The van der Waals surface area contributed by atoms with E-state index in [1.165, 1.54) is 6.42 Å². The average Bonchev–Trinajstić information content (AvgIpc) is 3.01. The molecule has 2 fully saturated rings. The average molecular weight is 231 g/mol. The summed E-state index contributed by atoms with van der Waals surface area (Å²) in [4.78, 5) is 18.2. The third-order valence-electron chi connectivity index (χ3n) is 3.98. The summed E-state index contributed by atoms with van der Waals surface area (Å²) in [6.07, 6.45) is 5.69. The van der Waals surface area contributed by atoms with Gasteiger partial charge in [-0.3, -0.25) is 9.78 Å². The fourth-order valence-electron chi connectivity index (χ4n) is 2.93. The summed E-state index contributed by atoms with van der Waals surface area (Å²) in [7, 11) is 0. The highest BCUT2D eigenvalue weighted by Gasteiger charge is 2.41. The molecule has 0 aliphatic carbocycles. The summed E-state index contributed by atoms with van der Waals surface area (Å²) in [6, 6.07) is 3.58. The van der Waals surface area contributed by atoms with E-state index in [4.69, 9.17) is 0 Å². The van der Waals surface area contributed by atoms with Crippen molar-refractivity contribution in [2.24, 2.45) is 5.41 Å². The van der Waals surface area contributed by atoms with Crippen molar-refractivity contribution in [2.75, 3.05) is 26.2 Å². The first-order valence-corrected chi connectivity index (χ1v) is 6.19. The fourth-order valence-corrected chi connectivity index (χ4v) is 2.93. The Bertz CT molecular complexity index is 412. The van der Waals surface area contributed by atoms with E-state index in [-0.39, 0.29) is 5.91 Å². The molecule has 0 radical (unpaired) electrons. The van der Waals surface area contributed by atoms with Crippen molar-refractivity contribution in [1.82, 2.24) is 15.2 Å². The number of hydrogen-bond donors (Lipinski definition) is 1. The van der Waals surface area contributed by atoms with E-state index >= 15 is 0 Å². The lowest BCUT2D eigenvalue weighted by molar-refractivity contribution is 0.0775. The molecule has 4 nitrogen and oxygen atoms in total. The van der Waals surface area contributed by atoms with Crippen LogP contribution < -0.4 is 5.32 Å². The van der Waals surface area contributed by atoms with Gasteiger partial charge in [0.15, 0.2) is 0 Å². The minimum absolute atomic E-state index is 0.149. The summed E-state index contributed by atoms with van der Waals surface area (Å²) >= 11 is 0. The molecule has 0 aromatic carbocycles. The zero-order valence-corrected chi connectivity index (χ0v) is 9.85. The van der Waals surface area contributed by atoms with Crippen molar-refractivity contribution < 1.29 is 4.79 Å². The molecule has 1 aromatic rings. The number of likely N-dealkylation sites (tertiary alicyclic amines) is 1. The van der Waals surface area contributed by atoms with Crippen LogP contribution in [0.4, 0.5) is 0 Å². The van der Waals surface area contributed by atoms with Crippen LogP contribution in [0.5, 0.6) is 0 Å². The predicted octanol–water partition coefficient (Wildman–Crippen LogP) is 0.907. The number of carbonyl (C=O) groups excluding carboxylic acids is 1. The number of nitrogens with zero attached hydrogens (tertiary/aromatic N) is 2. The molecular formula is C13H17N3O. The Morgan fingerprint density at radius 1 is 1.35 bits per heavy atom. The number of aromatic nitrogens is 1. The summed E-state index contributed by atoms with van der Waals surface area (Å²) in [6.45, 7) is 3.95. The van der Waals surface area contributed by atoms with Crippen LogP contribution in [0.3, 0.4) is 0 Å². The molecule has 1 atom stereocenters. The number of carbonyl (C=O) groups is 1. The van der Waals surface area contributed by atoms with Crippen LogP contribution in [-0.2, 0) is 0 Å². The van der Waals surface area contributed by atoms with E-state index in [0.717, 1.165) is 38.2 Å². The van der Waals surface area contributed by atoms with Gasteiger partial charge in [-0.25, -0.2) is 0 Å². The van der Waals surface area contributed by atoms with Gasteiger partial charge in [-0.2, -0.15) is 0 Å². The zero-order chi connectivity index (χ0) is 11.7. The van der Waals surface area contributed by atoms with Gasteiger partial charge in [-0.15, -0.1) is 0 Å². The number of nitrogens with one attached hydrogen (secondary N) is 1. The highest BCUT2D eigenvalue weighted by molar-refractivity contribution is 5.94. The fraction of sp³-hybridized carbons (Fsp3) is 0.538. The van der Waals surface area contributed by atoms with Gasteiger partial charge in [0.25, 0.3) is 5.91 Å². The highest BCUT2D eigenvalue weighted by atomic mass is 16.2. The van der Waals surface area contributed by atoms with E-state index in [2.05, 4.69) is 10.3 Å². The Morgan fingerprint density at radius 3 is 2.88 bits per heavy atom. The molecule has 90 valence electrons. The van der Waals surface area contributed by atoms with Crippen LogP contribution >= 0.6 is 0 Å². The first-order chi connectivity index (χ1) is 8.29. The van der Waals surface area contributed by atoms with Gasteiger partial charge in [-0.05, 0) is 31.5 Å². The lowest BCUT2D eigenvalue weighted by Gasteiger charge is -2.22. The molecule has 2 aliphatic rings. The molecule has 0 bridgehead atoms. The summed E-state index contributed by atoms with van der Waals surface area (Å²) in [5.74, 6) is 0.149. The van der Waals surface area contributed by atoms with Crippen molar-refractivity contribution in [3.05, 3.63) is 30.1 Å². The van der Waals surface area contributed by atoms with Crippen LogP contribution in [0.15, 0.2) is 24.5 Å². The van der Waals surface area contributed by atoms with Crippen LogP contribution in [0, 0.1) is 5.41 Å². The van der Waals surface area contributed by atoms with Crippen molar-refractivity contribution >= 4 is 5.91 Å². The van der Waals surface area contributed by atoms with Crippen LogP contribution in [0.1, 0.15) is 23.2 Å². The monoisotopic (exact) mass is 231 g/mol. The predicted molar refractivity (Wildman–Crippen MR) is 64.7 cm³/mol. The third-order valence-corrected chi connectivity index (χ3v) is 3.98. The van der Waals surface area contributed by atoms with Gasteiger partial charge >= 0.3 is 0 Å². The molecule has 4 heteroatoms. The van der Waals surface area contributed by atoms with Crippen molar-refractivity contribution in [3.8, 4) is 0 Å². The quantitative estimate of drug-likeness (QED) is 0.781. The van der Waals surface area contributed by atoms with Crippen molar-refractivity contribution in [3.63, 3.8) is 0 Å². The normalized spacial score (nSPS) is 27.9. The molecule has 17 heavy (non-hydrogen) atoms. The molecule has 1 amide bonds. The summed E-state index contributed by atoms with van der Waals surface area (Å²) in [5, 5.41) is 3.41. The summed E-state index contributed by atoms with van der Waals surface area (Å²) in [5.41, 5.74) is 1.10. The minimum atomic E-state index is 0.149. The second-order valence-corrected chi connectivity index (χ2v) is 5.14. The molecule has 3 rings (SSSR count). The van der Waals surface area contributed by atoms with E-state index < -0.39 is 0 Å². The second kappa shape index (κ2) is 4.11. The molecule has 0 saturated carbocycles. The Kier molecular flexibility index (Phi) is 2.59. The summed E-state index contributed by atoms with van der Waals surface area (Å²) < 4.78 is 0. The minimum Gasteiger partial charge on any atom is -0.338 e. The smallest absolute Gasteiger partial charge is 0.253 e. The maximum Gasteiger partial charge on any atom is 0.253 e. The maximum absolute atomic E-state index is 12.3. The highest BCUT2D eigenvalue weighted by Crippen LogP contribution is 2.36. The number of hydrogen-bond acceptors (Lipinski definition) is 3. The van der Waals surface area contributed by atoms with Crippen molar-refractivity contribution in [2.45, 2.75) is 12.8 Å². The number of amides is 1. The second-order valence-electron chi connectivity index (χ2n) is 5.14. The lowest BCUT2D eigenvalue weighted by Crippen LogP contribution is -2.33. The van der Waals surface area contributed by atoms with Gasteiger partial charge in [0, 0.05) is 43.0 Å². The van der Waals surface area contributed by atoms with Crippen LogP contribution in [-0.4, -0.2) is 42.0 Å².